The van der Waals surface area contributed by atoms with E-state index in [0.717, 1.165) is 6.07 Å². The Morgan fingerprint density at radius 1 is 1.25 bits per heavy atom. The molecule has 1 aliphatic carbocycles. The molecular formula is C11H11FO3S. The van der Waals surface area contributed by atoms with Gasteiger partial charge in [-0.3, -0.25) is 0 Å². The first-order valence-corrected chi connectivity index (χ1v) is 6.47. The molecule has 0 spiro atoms. The van der Waals surface area contributed by atoms with E-state index in [9.17, 15) is 17.6 Å². The molecule has 0 amide bonds. The van der Waals surface area contributed by atoms with E-state index in [0.29, 0.717) is 12.7 Å². The molecule has 0 unspecified atom stereocenters. The fourth-order valence-corrected chi connectivity index (χ4v) is 3.83. The van der Waals surface area contributed by atoms with E-state index in [1.807, 2.05) is 0 Å². The van der Waals surface area contributed by atoms with Crippen LogP contribution in [0.5, 0.6) is 0 Å². The van der Waals surface area contributed by atoms with Gasteiger partial charge in [-0.15, -0.1) is 0 Å². The Morgan fingerprint density at radius 3 is 2.31 bits per heavy atom. The van der Waals surface area contributed by atoms with Crippen LogP contribution in [0, 0.1) is 5.82 Å². The molecule has 1 aromatic carbocycles. The number of carbonyl (C=O) groups excluding carboxylic acids is 1. The van der Waals surface area contributed by atoms with Crippen LogP contribution < -0.4 is 0 Å². The number of sulfone groups is 1. The minimum atomic E-state index is -3.89. The third-order valence-electron chi connectivity index (χ3n) is 3.08. The molecule has 0 bridgehead atoms. The van der Waals surface area contributed by atoms with Crippen LogP contribution in [-0.2, 0) is 14.6 Å². The lowest BCUT2D eigenvalue weighted by Crippen LogP contribution is -2.46. The molecule has 0 atom stereocenters. The molecule has 1 saturated carbocycles. The van der Waals surface area contributed by atoms with Crippen molar-refractivity contribution < 1.29 is 17.6 Å². The number of halogens is 1. The highest BCUT2D eigenvalue weighted by Gasteiger charge is 2.50. The molecule has 0 radical (unpaired) electrons. The average Bonchev–Trinajstić information content (AvgIpc) is 2.16. The highest BCUT2D eigenvalue weighted by molar-refractivity contribution is 7.93. The molecule has 1 aliphatic rings. The zero-order valence-corrected chi connectivity index (χ0v) is 9.34. The molecule has 16 heavy (non-hydrogen) atoms. The third-order valence-corrected chi connectivity index (χ3v) is 5.56. The summed E-state index contributed by atoms with van der Waals surface area (Å²) in [5.74, 6) is -0.796. The SMILES string of the molecule is O=CC1(S(=O)(=O)c2ccccc2F)CCC1. The summed E-state index contributed by atoms with van der Waals surface area (Å²) in [6.07, 6.45) is 1.70. The Balaban J connectivity index is 2.55. The molecule has 0 aliphatic heterocycles. The molecular weight excluding hydrogens is 231 g/mol. The lowest BCUT2D eigenvalue weighted by molar-refractivity contribution is -0.111. The van der Waals surface area contributed by atoms with Crippen LogP contribution >= 0.6 is 0 Å². The maximum atomic E-state index is 13.4. The maximum Gasteiger partial charge on any atom is 0.193 e. The average molecular weight is 242 g/mol. The summed E-state index contributed by atoms with van der Waals surface area (Å²) < 4.78 is 36.3. The Kier molecular flexibility index (Phi) is 2.58. The van der Waals surface area contributed by atoms with Crippen molar-refractivity contribution in [2.75, 3.05) is 0 Å². The Labute approximate surface area is 93.2 Å². The molecule has 0 N–H and O–H groups in total. The monoisotopic (exact) mass is 242 g/mol. The van der Waals surface area contributed by atoms with Crippen molar-refractivity contribution >= 4 is 16.1 Å². The van der Waals surface area contributed by atoms with Gasteiger partial charge in [-0.1, -0.05) is 12.1 Å². The number of rotatable bonds is 3. The molecule has 0 aromatic heterocycles. The summed E-state index contributed by atoms with van der Waals surface area (Å²) >= 11 is 0. The normalized spacial score (nSPS) is 18.8. The molecule has 2 rings (SSSR count). The zero-order chi connectivity index (χ0) is 11.8. The van der Waals surface area contributed by atoms with Gasteiger partial charge in [0.05, 0.1) is 0 Å². The van der Waals surface area contributed by atoms with E-state index in [1.54, 1.807) is 0 Å². The second-order valence-electron chi connectivity index (χ2n) is 3.97. The lowest BCUT2D eigenvalue weighted by atomic mass is 9.86. The van der Waals surface area contributed by atoms with E-state index < -0.39 is 20.4 Å². The zero-order valence-electron chi connectivity index (χ0n) is 8.52. The number of aldehydes is 1. The first-order chi connectivity index (χ1) is 7.53. The maximum absolute atomic E-state index is 13.4. The fraction of sp³-hybridized carbons (Fsp3) is 0.364. The molecule has 5 heteroatoms. The van der Waals surface area contributed by atoms with Crippen molar-refractivity contribution in [3.05, 3.63) is 30.1 Å². The molecule has 86 valence electrons. The number of carbonyl (C=O) groups is 1. The summed E-state index contributed by atoms with van der Waals surface area (Å²) in [5.41, 5.74) is 0. The van der Waals surface area contributed by atoms with Crippen molar-refractivity contribution in [2.45, 2.75) is 28.9 Å². The van der Waals surface area contributed by atoms with Gasteiger partial charge >= 0.3 is 0 Å². The predicted octanol–water partition coefficient (Wildman–Crippen LogP) is 1.72. The topological polar surface area (TPSA) is 51.2 Å². The second-order valence-corrected chi connectivity index (χ2v) is 6.23. The molecule has 1 aromatic rings. The summed E-state index contributed by atoms with van der Waals surface area (Å²) in [4.78, 5) is 10.6. The smallest absolute Gasteiger partial charge is 0.193 e. The van der Waals surface area contributed by atoms with Gasteiger partial charge < -0.3 is 4.79 Å². The number of benzene rings is 1. The van der Waals surface area contributed by atoms with Gasteiger partial charge in [-0.2, -0.15) is 0 Å². The van der Waals surface area contributed by atoms with Crippen molar-refractivity contribution in [1.29, 1.82) is 0 Å². The highest BCUT2D eigenvalue weighted by Crippen LogP contribution is 2.41. The fourth-order valence-electron chi connectivity index (χ4n) is 1.86. The van der Waals surface area contributed by atoms with Gasteiger partial charge in [0, 0.05) is 0 Å². The van der Waals surface area contributed by atoms with Gasteiger partial charge in [0.1, 0.15) is 21.7 Å². The lowest BCUT2D eigenvalue weighted by Gasteiger charge is -2.35. The predicted molar refractivity (Wildman–Crippen MR) is 56.2 cm³/mol. The molecule has 1 fully saturated rings. The molecule has 0 heterocycles. The summed E-state index contributed by atoms with van der Waals surface area (Å²) in [6, 6.07) is 5.16. The number of hydrogen-bond donors (Lipinski definition) is 0. The van der Waals surface area contributed by atoms with Crippen LogP contribution in [-0.4, -0.2) is 19.5 Å². The quantitative estimate of drug-likeness (QED) is 0.758. The van der Waals surface area contributed by atoms with Crippen LogP contribution in [0.1, 0.15) is 19.3 Å². The summed E-state index contributed by atoms with van der Waals surface area (Å²) in [7, 11) is -3.89. The Morgan fingerprint density at radius 2 is 1.88 bits per heavy atom. The minimum Gasteiger partial charge on any atom is -0.302 e. The van der Waals surface area contributed by atoms with Gasteiger partial charge in [0.25, 0.3) is 0 Å². The summed E-state index contributed by atoms with van der Waals surface area (Å²) in [5, 5.41) is 0. The Hall–Kier alpha value is -1.23. The minimum absolute atomic E-state index is 0.285. The van der Waals surface area contributed by atoms with Crippen LogP contribution in [0.15, 0.2) is 29.2 Å². The van der Waals surface area contributed by atoms with Crippen LogP contribution in [0.4, 0.5) is 4.39 Å². The van der Waals surface area contributed by atoms with Crippen LogP contribution in [0.2, 0.25) is 0 Å². The van der Waals surface area contributed by atoms with Crippen molar-refractivity contribution in [2.24, 2.45) is 0 Å². The van der Waals surface area contributed by atoms with E-state index in [4.69, 9.17) is 0 Å². The van der Waals surface area contributed by atoms with Crippen molar-refractivity contribution in [3.63, 3.8) is 0 Å². The first kappa shape index (κ1) is 11.3. The van der Waals surface area contributed by atoms with Crippen molar-refractivity contribution in [3.8, 4) is 0 Å². The van der Waals surface area contributed by atoms with Crippen molar-refractivity contribution in [1.82, 2.24) is 0 Å². The van der Waals surface area contributed by atoms with Gasteiger partial charge in [-0.05, 0) is 31.4 Å². The number of hydrogen-bond acceptors (Lipinski definition) is 3. The molecule has 3 nitrogen and oxygen atoms in total. The van der Waals surface area contributed by atoms with E-state index in [1.165, 1.54) is 18.2 Å². The van der Waals surface area contributed by atoms with E-state index in [2.05, 4.69) is 0 Å². The van der Waals surface area contributed by atoms with Gasteiger partial charge in [0.2, 0.25) is 0 Å². The second kappa shape index (κ2) is 3.66. The van der Waals surface area contributed by atoms with Crippen LogP contribution in [0.25, 0.3) is 0 Å². The third kappa shape index (κ3) is 1.38. The Bertz CT molecular complexity index is 518. The van der Waals surface area contributed by atoms with Crippen LogP contribution in [0.3, 0.4) is 0 Å². The largest absolute Gasteiger partial charge is 0.302 e. The standard InChI is InChI=1S/C11H11FO3S/c12-9-4-1-2-5-10(9)16(14,15)11(8-13)6-3-7-11/h1-2,4-5,8H,3,6-7H2. The van der Waals surface area contributed by atoms with E-state index in [-0.39, 0.29) is 17.7 Å². The highest BCUT2D eigenvalue weighted by atomic mass is 32.2. The van der Waals surface area contributed by atoms with Gasteiger partial charge in [-0.25, -0.2) is 12.8 Å². The molecule has 0 saturated heterocycles. The first-order valence-electron chi connectivity index (χ1n) is 4.99. The van der Waals surface area contributed by atoms with E-state index >= 15 is 0 Å². The van der Waals surface area contributed by atoms with Gasteiger partial charge in [0.15, 0.2) is 9.84 Å². The summed E-state index contributed by atoms with van der Waals surface area (Å²) in [6.45, 7) is 0.